The lowest BCUT2D eigenvalue weighted by Gasteiger charge is -2.14. The van der Waals surface area contributed by atoms with Crippen molar-refractivity contribution >= 4 is 5.97 Å². The topological polar surface area (TPSA) is 78.8 Å². The van der Waals surface area contributed by atoms with Gasteiger partial charge in [0.05, 0.1) is 6.61 Å². The van der Waals surface area contributed by atoms with Crippen molar-refractivity contribution in [3.05, 3.63) is 29.8 Å². The standard InChI is InChI=1S/C11H15NO4/c1-12-9(11(14)15)7-16-10-5-3-2-4-8(10)6-13/h2-5,9,12-13H,6-7H2,1H3,(H,14,15). The van der Waals surface area contributed by atoms with Crippen molar-refractivity contribution in [2.45, 2.75) is 12.6 Å². The van der Waals surface area contributed by atoms with Crippen LogP contribution in [0.15, 0.2) is 24.3 Å². The molecule has 0 fully saturated rings. The number of para-hydroxylation sites is 1. The van der Waals surface area contributed by atoms with Crippen molar-refractivity contribution in [2.24, 2.45) is 0 Å². The second-order valence-electron chi connectivity index (χ2n) is 3.26. The summed E-state index contributed by atoms with van der Waals surface area (Å²) in [5.74, 6) is -0.463. The quantitative estimate of drug-likeness (QED) is 0.646. The molecular weight excluding hydrogens is 210 g/mol. The van der Waals surface area contributed by atoms with Crippen molar-refractivity contribution in [3.63, 3.8) is 0 Å². The molecule has 0 aromatic heterocycles. The molecule has 1 unspecified atom stereocenters. The third kappa shape index (κ3) is 3.22. The average Bonchev–Trinajstić information content (AvgIpc) is 2.30. The average molecular weight is 225 g/mol. The zero-order chi connectivity index (χ0) is 12.0. The van der Waals surface area contributed by atoms with Crippen molar-refractivity contribution in [1.82, 2.24) is 5.32 Å². The van der Waals surface area contributed by atoms with Gasteiger partial charge in [0.25, 0.3) is 0 Å². The first-order chi connectivity index (χ1) is 7.69. The predicted molar refractivity (Wildman–Crippen MR) is 58.3 cm³/mol. The molecule has 1 aromatic rings. The fraction of sp³-hybridized carbons (Fsp3) is 0.364. The molecule has 5 heteroatoms. The number of hydrogen-bond acceptors (Lipinski definition) is 4. The van der Waals surface area contributed by atoms with E-state index in [1.54, 1.807) is 31.3 Å². The van der Waals surface area contributed by atoms with Gasteiger partial charge in [-0.25, -0.2) is 0 Å². The molecule has 0 radical (unpaired) electrons. The summed E-state index contributed by atoms with van der Waals surface area (Å²) in [6, 6.07) is 6.21. The highest BCUT2D eigenvalue weighted by Gasteiger charge is 2.15. The second kappa shape index (κ2) is 6.09. The number of rotatable bonds is 6. The molecule has 5 nitrogen and oxygen atoms in total. The van der Waals surface area contributed by atoms with E-state index in [0.717, 1.165) is 0 Å². The van der Waals surface area contributed by atoms with E-state index in [2.05, 4.69) is 5.32 Å². The Morgan fingerprint density at radius 1 is 1.50 bits per heavy atom. The van der Waals surface area contributed by atoms with Crippen LogP contribution in [0.5, 0.6) is 5.75 Å². The Bertz CT molecular complexity index is 354. The van der Waals surface area contributed by atoms with E-state index < -0.39 is 12.0 Å². The Morgan fingerprint density at radius 3 is 2.75 bits per heavy atom. The van der Waals surface area contributed by atoms with Gasteiger partial charge >= 0.3 is 5.97 Å². The number of aliphatic hydroxyl groups is 1. The molecule has 0 aliphatic heterocycles. The first-order valence-corrected chi connectivity index (χ1v) is 4.90. The van der Waals surface area contributed by atoms with Crippen LogP contribution in [0, 0.1) is 0 Å². The summed E-state index contributed by atoms with van der Waals surface area (Å²) in [7, 11) is 1.56. The van der Waals surface area contributed by atoms with Gasteiger partial charge < -0.3 is 20.3 Å². The molecule has 0 saturated carbocycles. The third-order valence-corrected chi connectivity index (χ3v) is 2.20. The van der Waals surface area contributed by atoms with Gasteiger partial charge in [-0.3, -0.25) is 4.79 Å². The third-order valence-electron chi connectivity index (χ3n) is 2.20. The van der Waals surface area contributed by atoms with Crippen LogP contribution in [0.25, 0.3) is 0 Å². The summed E-state index contributed by atoms with van der Waals surface area (Å²) in [5.41, 5.74) is 0.641. The molecule has 0 spiro atoms. The summed E-state index contributed by atoms with van der Waals surface area (Å²) >= 11 is 0. The summed E-state index contributed by atoms with van der Waals surface area (Å²) < 4.78 is 5.34. The molecule has 0 aliphatic carbocycles. The van der Waals surface area contributed by atoms with Gasteiger partial charge in [0.2, 0.25) is 0 Å². The summed E-state index contributed by atoms with van der Waals surface area (Å²) in [6.45, 7) is -0.115. The summed E-state index contributed by atoms with van der Waals surface area (Å²) in [5, 5.41) is 20.4. The highest BCUT2D eigenvalue weighted by Crippen LogP contribution is 2.17. The number of ether oxygens (including phenoxy) is 1. The largest absolute Gasteiger partial charge is 0.491 e. The number of hydrogen-bond donors (Lipinski definition) is 3. The number of carboxylic acids is 1. The lowest BCUT2D eigenvalue weighted by atomic mass is 10.2. The van der Waals surface area contributed by atoms with E-state index in [1.165, 1.54) is 0 Å². The second-order valence-corrected chi connectivity index (χ2v) is 3.26. The minimum Gasteiger partial charge on any atom is -0.491 e. The van der Waals surface area contributed by atoms with E-state index in [1.807, 2.05) is 0 Å². The van der Waals surface area contributed by atoms with Gasteiger partial charge in [0.15, 0.2) is 0 Å². The Kier molecular flexibility index (Phi) is 4.75. The van der Waals surface area contributed by atoms with E-state index in [0.29, 0.717) is 11.3 Å². The minimum absolute atomic E-state index is 0.0167. The molecule has 0 heterocycles. The van der Waals surface area contributed by atoms with Gasteiger partial charge in [-0.2, -0.15) is 0 Å². The zero-order valence-electron chi connectivity index (χ0n) is 9.01. The molecule has 0 amide bonds. The van der Waals surface area contributed by atoms with Gasteiger partial charge in [0.1, 0.15) is 18.4 Å². The maximum absolute atomic E-state index is 10.7. The van der Waals surface area contributed by atoms with Crippen LogP contribution in [0.4, 0.5) is 0 Å². The summed E-state index contributed by atoms with van der Waals surface area (Å²) in [6.07, 6.45) is 0. The molecule has 88 valence electrons. The number of aliphatic hydroxyl groups excluding tert-OH is 1. The molecule has 0 bridgehead atoms. The fourth-order valence-electron chi connectivity index (χ4n) is 1.23. The first-order valence-electron chi connectivity index (χ1n) is 4.90. The molecule has 3 N–H and O–H groups in total. The van der Waals surface area contributed by atoms with E-state index >= 15 is 0 Å². The number of carbonyl (C=O) groups is 1. The van der Waals surface area contributed by atoms with Crippen molar-refractivity contribution in [1.29, 1.82) is 0 Å². The van der Waals surface area contributed by atoms with Gasteiger partial charge in [0, 0.05) is 5.56 Å². The monoisotopic (exact) mass is 225 g/mol. The van der Waals surface area contributed by atoms with Gasteiger partial charge in [-0.05, 0) is 13.1 Å². The molecule has 0 aliphatic rings. The predicted octanol–water partition coefficient (Wildman–Crippen LogP) is 0.230. The number of nitrogens with one attached hydrogen (secondary N) is 1. The van der Waals surface area contributed by atoms with E-state index in [-0.39, 0.29) is 13.2 Å². The van der Waals surface area contributed by atoms with Crippen molar-refractivity contribution in [2.75, 3.05) is 13.7 Å². The Labute approximate surface area is 93.7 Å². The fourth-order valence-corrected chi connectivity index (χ4v) is 1.23. The van der Waals surface area contributed by atoms with Crippen LogP contribution in [-0.4, -0.2) is 35.9 Å². The first kappa shape index (κ1) is 12.5. The minimum atomic E-state index is -0.969. The smallest absolute Gasteiger partial charge is 0.324 e. The van der Waals surface area contributed by atoms with Crippen LogP contribution in [0.3, 0.4) is 0 Å². The Hall–Kier alpha value is -1.59. The Balaban J connectivity index is 2.63. The molecule has 1 aromatic carbocycles. The van der Waals surface area contributed by atoms with Crippen LogP contribution in [0.1, 0.15) is 5.56 Å². The molecular formula is C11H15NO4. The van der Waals surface area contributed by atoms with E-state index in [9.17, 15) is 4.79 Å². The summed E-state index contributed by atoms with van der Waals surface area (Å²) in [4.78, 5) is 10.7. The normalized spacial score (nSPS) is 12.1. The van der Waals surface area contributed by atoms with E-state index in [4.69, 9.17) is 14.9 Å². The number of likely N-dealkylation sites (N-methyl/N-ethyl adjacent to an activating group) is 1. The van der Waals surface area contributed by atoms with Crippen molar-refractivity contribution in [3.8, 4) is 5.75 Å². The number of benzene rings is 1. The molecule has 16 heavy (non-hydrogen) atoms. The van der Waals surface area contributed by atoms with Crippen LogP contribution >= 0.6 is 0 Å². The maximum Gasteiger partial charge on any atom is 0.324 e. The highest BCUT2D eigenvalue weighted by atomic mass is 16.5. The lowest BCUT2D eigenvalue weighted by molar-refractivity contribution is -0.140. The van der Waals surface area contributed by atoms with Gasteiger partial charge in [-0.15, -0.1) is 0 Å². The highest BCUT2D eigenvalue weighted by molar-refractivity contribution is 5.73. The Morgan fingerprint density at radius 2 is 2.19 bits per heavy atom. The van der Waals surface area contributed by atoms with Crippen molar-refractivity contribution < 1.29 is 19.7 Å². The number of aliphatic carboxylic acids is 1. The molecule has 1 atom stereocenters. The molecule has 0 saturated heterocycles. The van der Waals surface area contributed by atoms with Crippen LogP contribution < -0.4 is 10.1 Å². The maximum atomic E-state index is 10.7. The molecule has 1 rings (SSSR count). The number of carboxylic acid groups (broad SMARTS) is 1. The van der Waals surface area contributed by atoms with Gasteiger partial charge in [-0.1, -0.05) is 18.2 Å². The lowest BCUT2D eigenvalue weighted by Crippen LogP contribution is -2.39. The zero-order valence-corrected chi connectivity index (χ0v) is 9.01. The van der Waals surface area contributed by atoms with Crippen LogP contribution in [-0.2, 0) is 11.4 Å². The van der Waals surface area contributed by atoms with Crippen LogP contribution in [0.2, 0.25) is 0 Å². The SMILES string of the molecule is CNC(COc1ccccc1CO)C(=O)O.